The molecule has 0 aliphatic rings. The Bertz CT molecular complexity index is 486. The van der Waals surface area contributed by atoms with E-state index in [0.717, 1.165) is 17.5 Å². The van der Waals surface area contributed by atoms with E-state index in [1.54, 1.807) is 18.3 Å². The highest BCUT2D eigenvalue weighted by Crippen LogP contribution is 2.07. The Morgan fingerprint density at radius 2 is 1.62 bits per heavy atom. The molecular formula is C14H11NO. The molecule has 16 heavy (non-hydrogen) atoms. The maximum Gasteiger partial charge on any atom is 0.150 e. The Balaban J connectivity index is 2.14. The fourth-order valence-corrected chi connectivity index (χ4v) is 1.34. The second-order valence-electron chi connectivity index (χ2n) is 3.37. The molecule has 0 spiro atoms. The second kappa shape index (κ2) is 5.03. The van der Waals surface area contributed by atoms with E-state index < -0.39 is 0 Å². The normalized spacial score (nSPS) is 10.5. The average molecular weight is 209 g/mol. The van der Waals surface area contributed by atoms with Crippen LogP contribution in [0, 0.1) is 0 Å². The van der Waals surface area contributed by atoms with Gasteiger partial charge in [0.25, 0.3) is 0 Å². The van der Waals surface area contributed by atoms with Crippen LogP contribution in [0.2, 0.25) is 0 Å². The predicted molar refractivity (Wildman–Crippen MR) is 65.0 cm³/mol. The van der Waals surface area contributed by atoms with Gasteiger partial charge in [0, 0.05) is 11.8 Å². The summed E-state index contributed by atoms with van der Waals surface area (Å²) < 4.78 is 0. The summed E-state index contributed by atoms with van der Waals surface area (Å²) in [5, 5.41) is 0. The lowest BCUT2D eigenvalue weighted by molar-refractivity contribution is 0.112. The smallest absolute Gasteiger partial charge is 0.150 e. The summed E-state index contributed by atoms with van der Waals surface area (Å²) in [6.07, 6.45) is 6.51. The molecule has 0 N–H and O–H groups in total. The lowest BCUT2D eigenvalue weighted by atomic mass is 10.1. The minimum absolute atomic E-state index is 0.690. The minimum Gasteiger partial charge on any atom is -0.298 e. The van der Waals surface area contributed by atoms with Crippen LogP contribution in [0.25, 0.3) is 12.2 Å². The molecule has 2 nitrogen and oxygen atoms in total. The number of hydrogen-bond acceptors (Lipinski definition) is 2. The number of benzene rings is 1. The number of carbonyl (C=O) groups is 1. The summed E-state index contributed by atoms with van der Waals surface area (Å²) >= 11 is 0. The molecule has 0 bridgehead atoms. The molecule has 0 aliphatic heterocycles. The number of rotatable bonds is 3. The lowest BCUT2D eigenvalue weighted by Crippen LogP contribution is -1.79. The Kier molecular flexibility index (Phi) is 3.24. The van der Waals surface area contributed by atoms with E-state index in [9.17, 15) is 4.79 Å². The molecule has 1 aromatic carbocycles. The van der Waals surface area contributed by atoms with Crippen molar-refractivity contribution in [3.8, 4) is 0 Å². The summed E-state index contributed by atoms with van der Waals surface area (Å²) in [6, 6.07) is 13.2. The summed E-state index contributed by atoms with van der Waals surface area (Å²) in [5.41, 5.74) is 2.66. The van der Waals surface area contributed by atoms with E-state index in [2.05, 4.69) is 4.98 Å². The first-order chi connectivity index (χ1) is 7.88. The zero-order valence-electron chi connectivity index (χ0n) is 8.71. The van der Waals surface area contributed by atoms with Gasteiger partial charge in [-0.15, -0.1) is 0 Å². The van der Waals surface area contributed by atoms with Gasteiger partial charge in [-0.25, -0.2) is 0 Å². The molecular weight excluding hydrogens is 198 g/mol. The summed E-state index contributed by atoms with van der Waals surface area (Å²) in [6.45, 7) is 0. The van der Waals surface area contributed by atoms with Gasteiger partial charge >= 0.3 is 0 Å². The van der Waals surface area contributed by atoms with Crippen molar-refractivity contribution in [2.75, 3.05) is 0 Å². The van der Waals surface area contributed by atoms with Crippen LogP contribution in [-0.4, -0.2) is 11.3 Å². The van der Waals surface area contributed by atoms with Crippen molar-refractivity contribution >= 4 is 18.4 Å². The topological polar surface area (TPSA) is 30.0 Å². The third-order valence-corrected chi connectivity index (χ3v) is 2.21. The van der Waals surface area contributed by atoms with Crippen LogP contribution >= 0.6 is 0 Å². The predicted octanol–water partition coefficient (Wildman–Crippen LogP) is 3.06. The fraction of sp³-hybridized carbons (Fsp3) is 0. The maximum absolute atomic E-state index is 10.5. The second-order valence-corrected chi connectivity index (χ2v) is 3.37. The SMILES string of the molecule is O=Cc1ccc(C=Cc2ccccn2)cc1. The molecule has 78 valence electrons. The Morgan fingerprint density at radius 1 is 0.875 bits per heavy atom. The largest absolute Gasteiger partial charge is 0.298 e. The van der Waals surface area contributed by atoms with E-state index in [4.69, 9.17) is 0 Å². The number of pyridine rings is 1. The quantitative estimate of drug-likeness (QED) is 0.727. The summed E-state index contributed by atoms with van der Waals surface area (Å²) in [7, 11) is 0. The van der Waals surface area contributed by atoms with Gasteiger partial charge in [0.05, 0.1) is 5.69 Å². The number of aromatic nitrogens is 1. The first-order valence-electron chi connectivity index (χ1n) is 5.03. The molecule has 2 heteroatoms. The van der Waals surface area contributed by atoms with E-state index in [1.165, 1.54) is 0 Å². The molecule has 0 amide bonds. The molecule has 1 aromatic heterocycles. The average Bonchev–Trinajstić information content (AvgIpc) is 2.38. The van der Waals surface area contributed by atoms with Crippen molar-refractivity contribution in [2.24, 2.45) is 0 Å². The number of carbonyl (C=O) groups excluding carboxylic acids is 1. The van der Waals surface area contributed by atoms with Crippen LogP contribution in [0.15, 0.2) is 48.7 Å². The molecule has 0 radical (unpaired) electrons. The molecule has 0 atom stereocenters. The van der Waals surface area contributed by atoms with Gasteiger partial charge in [0.1, 0.15) is 6.29 Å². The number of nitrogens with zero attached hydrogens (tertiary/aromatic N) is 1. The lowest BCUT2D eigenvalue weighted by Gasteiger charge is -1.94. The van der Waals surface area contributed by atoms with Crippen LogP contribution in [-0.2, 0) is 0 Å². The highest BCUT2D eigenvalue weighted by Gasteiger charge is 1.90. The van der Waals surface area contributed by atoms with Crippen molar-refractivity contribution < 1.29 is 4.79 Å². The fourth-order valence-electron chi connectivity index (χ4n) is 1.34. The number of hydrogen-bond donors (Lipinski definition) is 0. The van der Waals surface area contributed by atoms with E-state index >= 15 is 0 Å². The zero-order valence-corrected chi connectivity index (χ0v) is 8.71. The molecule has 2 aromatic rings. The van der Waals surface area contributed by atoms with Crippen molar-refractivity contribution in [3.05, 3.63) is 65.5 Å². The van der Waals surface area contributed by atoms with E-state index in [1.807, 2.05) is 42.5 Å². The van der Waals surface area contributed by atoms with Gasteiger partial charge in [-0.3, -0.25) is 9.78 Å². The van der Waals surface area contributed by atoms with Crippen molar-refractivity contribution in [3.63, 3.8) is 0 Å². The third-order valence-electron chi connectivity index (χ3n) is 2.21. The van der Waals surface area contributed by atoms with E-state index in [-0.39, 0.29) is 0 Å². The Morgan fingerprint density at radius 3 is 2.25 bits per heavy atom. The van der Waals surface area contributed by atoms with Crippen LogP contribution in [0.3, 0.4) is 0 Å². The first kappa shape index (κ1) is 10.3. The van der Waals surface area contributed by atoms with Crippen molar-refractivity contribution in [2.45, 2.75) is 0 Å². The molecule has 0 fully saturated rings. The van der Waals surface area contributed by atoms with E-state index in [0.29, 0.717) is 5.56 Å². The summed E-state index contributed by atoms with van der Waals surface area (Å²) in [4.78, 5) is 14.7. The standard InChI is InChI=1S/C14H11NO/c16-11-13-6-4-12(5-7-13)8-9-14-3-1-2-10-15-14/h1-11H. The van der Waals surface area contributed by atoms with Crippen molar-refractivity contribution in [1.82, 2.24) is 4.98 Å². The van der Waals surface area contributed by atoms with Gasteiger partial charge in [-0.2, -0.15) is 0 Å². The zero-order chi connectivity index (χ0) is 11.2. The molecule has 1 heterocycles. The molecule has 0 unspecified atom stereocenters. The highest BCUT2D eigenvalue weighted by atomic mass is 16.1. The molecule has 0 saturated heterocycles. The highest BCUT2D eigenvalue weighted by molar-refractivity contribution is 5.76. The van der Waals surface area contributed by atoms with Gasteiger partial charge < -0.3 is 0 Å². The van der Waals surface area contributed by atoms with Gasteiger partial charge in [-0.1, -0.05) is 36.4 Å². The molecule has 2 rings (SSSR count). The van der Waals surface area contributed by atoms with Crippen molar-refractivity contribution in [1.29, 1.82) is 0 Å². The van der Waals surface area contributed by atoms with Gasteiger partial charge in [0.2, 0.25) is 0 Å². The Labute approximate surface area is 94.3 Å². The van der Waals surface area contributed by atoms with Gasteiger partial charge in [0.15, 0.2) is 0 Å². The molecule has 0 saturated carbocycles. The minimum atomic E-state index is 0.690. The maximum atomic E-state index is 10.5. The summed E-state index contributed by atoms with van der Waals surface area (Å²) in [5.74, 6) is 0. The monoisotopic (exact) mass is 209 g/mol. The third kappa shape index (κ3) is 2.64. The Hall–Kier alpha value is -2.22. The molecule has 0 aliphatic carbocycles. The number of aldehydes is 1. The van der Waals surface area contributed by atoms with Gasteiger partial charge in [-0.05, 0) is 23.8 Å². The van der Waals surface area contributed by atoms with Crippen LogP contribution in [0.4, 0.5) is 0 Å². The van der Waals surface area contributed by atoms with Crippen LogP contribution in [0.5, 0.6) is 0 Å². The first-order valence-corrected chi connectivity index (χ1v) is 5.03. The van der Waals surface area contributed by atoms with Crippen LogP contribution in [0.1, 0.15) is 21.6 Å². The van der Waals surface area contributed by atoms with Crippen LogP contribution < -0.4 is 0 Å².